The molecule has 0 unspecified atom stereocenters. The van der Waals surface area contributed by atoms with E-state index >= 15 is 0 Å². The molecule has 0 aliphatic rings. The third kappa shape index (κ3) is 3.37. The molecule has 4 nitrogen and oxygen atoms in total. The van der Waals surface area contributed by atoms with Gasteiger partial charge in [0.05, 0.1) is 16.1 Å². The second-order valence-electron chi connectivity index (χ2n) is 5.07. The van der Waals surface area contributed by atoms with Crippen LogP contribution in [0.2, 0.25) is 0 Å². The maximum Gasteiger partial charge on any atom is 0.240 e. The molecule has 0 saturated heterocycles. The van der Waals surface area contributed by atoms with Crippen LogP contribution >= 0.6 is 12.4 Å². The monoisotopic (exact) mass is 348 g/mol. The van der Waals surface area contributed by atoms with Gasteiger partial charge in [0.15, 0.2) is 0 Å². The fourth-order valence-corrected chi connectivity index (χ4v) is 3.15. The fraction of sp³-hybridized carbons (Fsp3) is 0.118. The maximum absolute atomic E-state index is 11.8. The Balaban J connectivity index is 0.00000192. The van der Waals surface area contributed by atoms with Gasteiger partial charge in [0.2, 0.25) is 10.0 Å². The summed E-state index contributed by atoms with van der Waals surface area (Å²) in [5.41, 5.74) is 3.81. The van der Waals surface area contributed by atoms with Crippen LogP contribution in [0, 0.1) is 6.92 Å². The van der Waals surface area contributed by atoms with Crippen molar-refractivity contribution >= 4 is 33.3 Å². The van der Waals surface area contributed by atoms with Crippen LogP contribution in [-0.2, 0) is 10.0 Å². The SMILES string of the molecule is CNS(=O)(=O)c1ccc(-c2cc(C)c3ccccc3n2)cc1.Cl. The van der Waals surface area contributed by atoms with Gasteiger partial charge in [0.1, 0.15) is 0 Å². The van der Waals surface area contributed by atoms with Crippen LogP contribution in [-0.4, -0.2) is 20.4 Å². The van der Waals surface area contributed by atoms with Crippen LogP contribution in [0.5, 0.6) is 0 Å². The summed E-state index contributed by atoms with van der Waals surface area (Å²) in [6, 6.07) is 16.7. The number of aromatic nitrogens is 1. The van der Waals surface area contributed by atoms with Crippen molar-refractivity contribution in [2.24, 2.45) is 0 Å². The Morgan fingerprint density at radius 2 is 1.65 bits per heavy atom. The molecule has 0 spiro atoms. The van der Waals surface area contributed by atoms with Crippen molar-refractivity contribution in [1.29, 1.82) is 0 Å². The highest BCUT2D eigenvalue weighted by Crippen LogP contribution is 2.25. The van der Waals surface area contributed by atoms with Crippen molar-refractivity contribution in [3.8, 4) is 11.3 Å². The zero-order valence-electron chi connectivity index (χ0n) is 12.8. The number of sulfonamides is 1. The minimum atomic E-state index is -3.41. The minimum absolute atomic E-state index is 0. The van der Waals surface area contributed by atoms with E-state index in [-0.39, 0.29) is 17.3 Å². The van der Waals surface area contributed by atoms with Crippen molar-refractivity contribution in [3.05, 3.63) is 60.2 Å². The predicted octanol–water partition coefficient (Wildman–Crippen LogP) is 3.54. The molecule has 6 heteroatoms. The molecular weight excluding hydrogens is 332 g/mol. The van der Waals surface area contributed by atoms with Gasteiger partial charge in [-0.15, -0.1) is 12.4 Å². The number of para-hydroxylation sites is 1. The van der Waals surface area contributed by atoms with E-state index < -0.39 is 10.0 Å². The first-order valence-electron chi connectivity index (χ1n) is 6.91. The topological polar surface area (TPSA) is 59.1 Å². The van der Waals surface area contributed by atoms with Gasteiger partial charge in [-0.1, -0.05) is 30.3 Å². The third-order valence-corrected chi connectivity index (χ3v) is 5.08. The summed E-state index contributed by atoms with van der Waals surface area (Å²) in [6.07, 6.45) is 0. The van der Waals surface area contributed by atoms with Gasteiger partial charge in [0, 0.05) is 10.9 Å². The molecule has 3 rings (SSSR count). The molecule has 23 heavy (non-hydrogen) atoms. The van der Waals surface area contributed by atoms with Crippen molar-refractivity contribution in [3.63, 3.8) is 0 Å². The Kier molecular flexibility index (Phi) is 5.04. The first-order chi connectivity index (χ1) is 10.5. The van der Waals surface area contributed by atoms with E-state index in [1.807, 2.05) is 37.3 Å². The van der Waals surface area contributed by atoms with Crippen molar-refractivity contribution < 1.29 is 8.42 Å². The number of pyridine rings is 1. The molecule has 0 aliphatic carbocycles. The molecule has 120 valence electrons. The molecule has 0 saturated carbocycles. The summed E-state index contributed by atoms with van der Waals surface area (Å²) in [5.74, 6) is 0. The number of aryl methyl sites for hydroxylation is 1. The lowest BCUT2D eigenvalue weighted by Crippen LogP contribution is -2.18. The van der Waals surface area contributed by atoms with E-state index in [1.165, 1.54) is 7.05 Å². The highest BCUT2D eigenvalue weighted by Gasteiger charge is 2.11. The molecular formula is C17H17ClN2O2S. The third-order valence-electron chi connectivity index (χ3n) is 3.65. The van der Waals surface area contributed by atoms with E-state index in [4.69, 9.17) is 0 Å². The number of hydrogen-bond donors (Lipinski definition) is 1. The Morgan fingerprint density at radius 1 is 1.00 bits per heavy atom. The lowest BCUT2D eigenvalue weighted by Gasteiger charge is -2.08. The van der Waals surface area contributed by atoms with E-state index in [9.17, 15) is 8.42 Å². The Morgan fingerprint density at radius 3 is 2.30 bits per heavy atom. The van der Waals surface area contributed by atoms with Gasteiger partial charge in [-0.2, -0.15) is 0 Å². The average molecular weight is 349 g/mol. The van der Waals surface area contributed by atoms with Gasteiger partial charge in [-0.25, -0.2) is 18.1 Å². The van der Waals surface area contributed by atoms with Crippen LogP contribution < -0.4 is 4.72 Å². The smallest absolute Gasteiger partial charge is 0.240 e. The van der Waals surface area contributed by atoms with E-state index in [0.717, 1.165) is 27.7 Å². The average Bonchev–Trinajstić information content (AvgIpc) is 2.55. The highest BCUT2D eigenvalue weighted by atomic mass is 35.5. The molecule has 1 heterocycles. The molecule has 0 atom stereocenters. The van der Waals surface area contributed by atoms with Gasteiger partial charge >= 0.3 is 0 Å². The Hall–Kier alpha value is -1.95. The van der Waals surface area contributed by atoms with Crippen LogP contribution in [0.15, 0.2) is 59.5 Å². The number of rotatable bonds is 3. The lowest BCUT2D eigenvalue weighted by atomic mass is 10.1. The number of hydrogen-bond acceptors (Lipinski definition) is 3. The van der Waals surface area contributed by atoms with Crippen molar-refractivity contribution in [2.45, 2.75) is 11.8 Å². The van der Waals surface area contributed by atoms with Gasteiger partial charge in [-0.3, -0.25) is 0 Å². The molecule has 3 aromatic rings. The maximum atomic E-state index is 11.8. The van der Waals surface area contributed by atoms with Crippen LogP contribution in [0.25, 0.3) is 22.2 Å². The van der Waals surface area contributed by atoms with Crippen LogP contribution in [0.1, 0.15) is 5.56 Å². The molecule has 0 amide bonds. The second-order valence-corrected chi connectivity index (χ2v) is 6.96. The molecule has 0 radical (unpaired) electrons. The Bertz CT molecular complexity index is 938. The zero-order chi connectivity index (χ0) is 15.7. The number of nitrogens with one attached hydrogen (secondary N) is 1. The van der Waals surface area contributed by atoms with Gasteiger partial charge < -0.3 is 0 Å². The molecule has 1 N–H and O–H groups in total. The van der Waals surface area contributed by atoms with E-state index in [2.05, 4.69) is 9.71 Å². The number of nitrogens with zero attached hydrogens (tertiary/aromatic N) is 1. The molecule has 1 aromatic heterocycles. The summed E-state index contributed by atoms with van der Waals surface area (Å²) in [5, 5.41) is 1.13. The second kappa shape index (κ2) is 6.66. The number of fused-ring (bicyclic) bond motifs is 1. The molecule has 0 aliphatic heterocycles. The predicted molar refractivity (Wildman–Crippen MR) is 95.4 cm³/mol. The quantitative estimate of drug-likeness (QED) is 0.787. The first-order valence-corrected chi connectivity index (χ1v) is 8.40. The van der Waals surface area contributed by atoms with Gasteiger partial charge in [0.25, 0.3) is 0 Å². The summed E-state index contributed by atoms with van der Waals surface area (Å²) in [7, 11) is -2.01. The van der Waals surface area contributed by atoms with Crippen molar-refractivity contribution in [2.75, 3.05) is 7.05 Å². The van der Waals surface area contributed by atoms with Crippen molar-refractivity contribution in [1.82, 2.24) is 9.71 Å². The minimum Gasteiger partial charge on any atom is -0.248 e. The highest BCUT2D eigenvalue weighted by molar-refractivity contribution is 7.89. The van der Waals surface area contributed by atoms with Crippen LogP contribution in [0.3, 0.4) is 0 Å². The standard InChI is InChI=1S/C17H16N2O2S.ClH/c1-12-11-17(19-16-6-4-3-5-15(12)16)13-7-9-14(10-8-13)22(20,21)18-2;/h3-11,18H,1-2H3;1H. The fourth-order valence-electron chi connectivity index (χ4n) is 2.42. The molecule has 0 bridgehead atoms. The number of halogens is 1. The van der Waals surface area contributed by atoms with Gasteiger partial charge in [-0.05, 0) is 43.8 Å². The van der Waals surface area contributed by atoms with E-state index in [0.29, 0.717) is 0 Å². The lowest BCUT2D eigenvalue weighted by molar-refractivity contribution is 0.588. The normalized spacial score (nSPS) is 11.2. The summed E-state index contributed by atoms with van der Waals surface area (Å²) < 4.78 is 25.8. The Labute approximate surface area is 142 Å². The molecule has 0 fully saturated rings. The first kappa shape index (κ1) is 17.4. The summed E-state index contributed by atoms with van der Waals surface area (Å²) >= 11 is 0. The largest absolute Gasteiger partial charge is 0.248 e. The van der Waals surface area contributed by atoms with E-state index in [1.54, 1.807) is 24.3 Å². The number of benzene rings is 2. The van der Waals surface area contributed by atoms with Crippen LogP contribution in [0.4, 0.5) is 0 Å². The molecule has 2 aromatic carbocycles. The summed E-state index contributed by atoms with van der Waals surface area (Å²) in [4.78, 5) is 4.90. The summed E-state index contributed by atoms with van der Waals surface area (Å²) in [6.45, 7) is 2.05. The zero-order valence-corrected chi connectivity index (χ0v) is 14.4.